The van der Waals surface area contributed by atoms with E-state index < -0.39 is 18.3 Å². The van der Waals surface area contributed by atoms with Gasteiger partial charge in [0.2, 0.25) is 12.0 Å². The molecule has 1 aliphatic heterocycles. The number of esters is 1. The van der Waals surface area contributed by atoms with Crippen LogP contribution in [0.25, 0.3) is 0 Å². The van der Waals surface area contributed by atoms with Crippen LogP contribution < -0.4 is 0 Å². The zero-order chi connectivity index (χ0) is 24.7. The molecule has 0 aromatic rings. The summed E-state index contributed by atoms with van der Waals surface area (Å²) in [5, 5.41) is 11.8. The lowest BCUT2D eigenvalue weighted by Gasteiger charge is -2.39. The standard InChI is InChI=1S/C27H49NO5/c1-6-8-10-12-13-14-15-16-17-19-22(28(30)31)21-24-23(20-18-11-9-7-2)25(29)33-26(32-24)27(3,4)5/h21,23-24,26H,6-20H2,1-5H3. The van der Waals surface area contributed by atoms with Gasteiger partial charge < -0.3 is 9.47 Å². The first-order valence-electron chi connectivity index (χ1n) is 13.4. The molecule has 0 aromatic carbocycles. The van der Waals surface area contributed by atoms with E-state index in [1.54, 1.807) is 6.08 Å². The maximum Gasteiger partial charge on any atom is 0.314 e. The number of hydrogen-bond donors (Lipinski definition) is 0. The minimum atomic E-state index is -0.696. The molecule has 1 fully saturated rings. The number of cyclic esters (lactones) is 1. The Kier molecular flexibility index (Phi) is 14.6. The van der Waals surface area contributed by atoms with E-state index >= 15 is 0 Å². The Morgan fingerprint density at radius 1 is 0.909 bits per heavy atom. The SMILES string of the molecule is CCCCCCCCCCCC(=CC1OC(C(C)(C)C)OC(=O)C1CCCCCC)[N+](=O)[O-]. The molecule has 0 bridgehead atoms. The average Bonchev–Trinajstić information content (AvgIpc) is 2.75. The second-order valence-corrected chi connectivity index (χ2v) is 10.7. The summed E-state index contributed by atoms with van der Waals surface area (Å²) in [5.41, 5.74) is -0.218. The third kappa shape index (κ3) is 12.0. The number of ether oxygens (including phenoxy) is 2. The van der Waals surface area contributed by atoms with Gasteiger partial charge in [-0.25, -0.2) is 0 Å². The molecular formula is C27H49NO5. The molecular weight excluding hydrogens is 418 g/mol. The molecule has 0 radical (unpaired) electrons. The van der Waals surface area contributed by atoms with Gasteiger partial charge in [-0.05, 0) is 12.8 Å². The molecule has 192 valence electrons. The van der Waals surface area contributed by atoms with Crippen LogP contribution >= 0.6 is 0 Å². The Labute approximate surface area is 202 Å². The van der Waals surface area contributed by atoms with Gasteiger partial charge in [0.15, 0.2) is 0 Å². The molecule has 0 aromatic heterocycles. The van der Waals surface area contributed by atoms with E-state index in [2.05, 4.69) is 13.8 Å². The molecule has 1 rings (SSSR count). The van der Waals surface area contributed by atoms with E-state index in [1.807, 2.05) is 20.8 Å². The fourth-order valence-corrected chi connectivity index (χ4v) is 4.24. The van der Waals surface area contributed by atoms with Crippen molar-refractivity contribution in [2.75, 3.05) is 0 Å². The summed E-state index contributed by atoms with van der Waals surface area (Å²) in [6, 6.07) is 0. The highest BCUT2D eigenvalue weighted by atomic mass is 16.7. The van der Waals surface area contributed by atoms with Crippen LogP contribution in [0.4, 0.5) is 0 Å². The number of rotatable bonds is 17. The average molecular weight is 468 g/mol. The maximum atomic E-state index is 12.8. The van der Waals surface area contributed by atoms with E-state index in [-0.39, 0.29) is 22.0 Å². The number of unbranched alkanes of at least 4 members (excludes halogenated alkanes) is 11. The molecule has 0 N–H and O–H groups in total. The fourth-order valence-electron chi connectivity index (χ4n) is 4.24. The molecule has 6 nitrogen and oxygen atoms in total. The summed E-state index contributed by atoms with van der Waals surface area (Å²) in [4.78, 5) is 24.3. The van der Waals surface area contributed by atoms with Crippen LogP contribution in [-0.2, 0) is 14.3 Å². The molecule has 0 spiro atoms. The number of carbonyl (C=O) groups excluding carboxylic acids is 1. The normalized spacial score (nSPS) is 21.8. The number of hydrogen-bond acceptors (Lipinski definition) is 5. The Morgan fingerprint density at radius 2 is 1.42 bits per heavy atom. The number of nitrogens with zero attached hydrogens (tertiary/aromatic N) is 1. The molecule has 1 heterocycles. The first-order chi connectivity index (χ1) is 15.7. The van der Waals surface area contributed by atoms with Gasteiger partial charge in [-0.3, -0.25) is 14.9 Å². The minimum absolute atomic E-state index is 0.170. The first kappa shape index (κ1) is 29.6. The van der Waals surface area contributed by atoms with Gasteiger partial charge in [0.25, 0.3) is 0 Å². The maximum absolute atomic E-state index is 12.8. The van der Waals surface area contributed by atoms with Crippen molar-refractivity contribution in [3.63, 3.8) is 0 Å². The van der Waals surface area contributed by atoms with E-state index in [1.165, 1.54) is 38.5 Å². The molecule has 3 unspecified atom stereocenters. The van der Waals surface area contributed by atoms with Crippen LogP contribution in [0.3, 0.4) is 0 Å². The number of nitro groups is 1. The lowest BCUT2D eigenvalue weighted by Crippen LogP contribution is -2.48. The van der Waals surface area contributed by atoms with Gasteiger partial charge in [-0.2, -0.15) is 0 Å². The minimum Gasteiger partial charge on any atom is -0.435 e. The fraction of sp³-hybridized carbons (Fsp3) is 0.889. The highest BCUT2D eigenvalue weighted by Gasteiger charge is 2.43. The predicted octanol–water partition coefficient (Wildman–Crippen LogP) is 7.97. The van der Waals surface area contributed by atoms with Crippen LogP contribution in [0.5, 0.6) is 0 Å². The third-order valence-electron chi connectivity index (χ3n) is 6.41. The van der Waals surface area contributed by atoms with E-state index in [0.717, 1.165) is 44.9 Å². The molecule has 1 saturated heterocycles. The summed E-state index contributed by atoms with van der Waals surface area (Å²) in [6.45, 7) is 10.2. The number of allylic oxidation sites excluding steroid dienone is 1. The van der Waals surface area contributed by atoms with Gasteiger partial charge >= 0.3 is 5.97 Å². The molecule has 6 heteroatoms. The highest BCUT2D eigenvalue weighted by molar-refractivity contribution is 5.74. The lowest BCUT2D eigenvalue weighted by molar-refractivity contribution is -0.429. The smallest absolute Gasteiger partial charge is 0.314 e. The van der Waals surface area contributed by atoms with E-state index in [0.29, 0.717) is 12.8 Å². The zero-order valence-electron chi connectivity index (χ0n) is 21.9. The van der Waals surface area contributed by atoms with Crippen LogP contribution in [0, 0.1) is 21.4 Å². The molecule has 1 aliphatic rings. The summed E-state index contributed by atoms with van der Waals surface area (Å²) < 4.78 is 11.7. The highest BCUT2D eigenvalue weighted by Crippen LogP contribution is 2.34. The van der Waals surface area contributed by atoms with Crippen molar-refractivity contribution in [3.05, 3.63) is 21.9 Å². The predicted molar refractivity (Wildman–Crippen MR) is 133 cm³/mol. The van der Waals surface area contributed by atoms with Crippen LogP contribution in [0.1, 0.15) is 131 Å². The first-order valence-corrected chi connectivity index (χ1v) is 13.4. The van der Waals surface area contributed by atoms with Gasteiger partial charge in [-0.1, -0.05) is 112 Å². The molecule has 3 atom stereocenters. The summed E-state index contributed by atoms with van der Waals surface area (Å²) in [6.07, 6.45) is 16.1. The second-order valence-electron chi connectivity index (χ2n) is 10.7. The van der Waals surface area contributed by atoms with E-state index in [9.17, 15) is 14.9 Å². The van der Waals surface area contributed by atoms with E-state index in [4.69, 9.17) is 9.47 Å². The van der Waals surface area contributed by atoms with Crippen molar-refractivity contribution in [1.29, 1.82) is 0 Å². The Bertz CT molecular complexity index is 596. The largest absolute Gasteiger partial charge is 0.435 e. The third-order valence-corrected chi connectivity index (χ3v) is 6.41. The van der Waals surface area contributed by atoms with Crippen LogP contribution in [0.2, 0.25) is 0 Å². The Balaban J connectivity index is 2.71. The molecule has 0 amide bonds. The van der Waals surface area contributed by atoms with Crippen LogP contribution in [-0.4, -0.2) is 23.3 Å². The molecule has 0 saturated carbocycles. The lowest BCUT2D eigenvalue weighted by atomic mass is 9.90. The van der Waals surface area contributed by atoms with Crippen molar-refractivity contribution in [1.82, 2.24) is 0 Å². The van der Waals surface area contributed by atoms with Crippen molar-refractivity contribution in [3.8, 4) is 0 Å². The van der Waals surface area contributed by atoms with Crippen molar-refractivity contribution in [2.45, 2.75) is 143 Å². The second kappa shape index (κ2) is 16.2. The van der Waals surface area contributed by atoms with Gasteiger partial charge in [-0.15, -0.1) is 0 Å². The topological polar surface area (TPSA) is 78.7 Å². The Morgan fingerprint density at radius 3 is 1.94 bits per heavy atom. The van der Waals surface area contributed by atoms with Crippen LogP contribution in [0.15, 0.2) is 11.8 Å². The van der Waals surface area contributed by atoms with Crippen molar-refractivity contribution < 1.29 is 19.2 Å². The van der Waals surface area contributed by atoms with Crippen molar-refractivity contribution in [2.24, 2.45) is 11.3 Å². The summed E-state index contributed by atoms with van der Waals surface area (Å²) in [5.74, 6) is -0.761. The zero-order valence-corrected chi connectivity index (χ0v) is 21.9. The van der Waals surface area contributed by atoms with Gasteiger partial charge in [0.1, 0.15) is 0 Å². The van der Waals surface area contributed by atoms with Gasteiger partial charge in [0, 0.05) is 17.9 Å². The van der Waals surface area contributed by atoms with Gasteiger partial charge in [0.05, 0.1) is 16.9 Å². The number of carbonyl (C=O) groups is 1. The Hall–Kier alpha value is -1.43. The summed E-state index contributed by atoms with van der Waals surface area (Å²) in [7, 11) is 0. The molecule has 0 aliphatic carbocycles. The van der Waals surface area contributed by atoms with Crippen molar-refractivity contribution >= 4 is 5.97 Å². The molecule has 33 heavy (non-hydrogen) atoms. The summed E-state index contributed by atoms with van der Waals surface area (Å²) >= 11 is 0. The monoisotopic (exact) mass is 467 g/mol. The quantitative estimate of drug-likeness (QED) is 0.0937.